The van der Waals surface area contributed by atoms with Crippen LogP contribution in [0.15, 0.2) is 41.4 Å². The van der Waals surface area contributed by atoms with Crippen LogP contribution in [0.5, 0.6) is 5.75 Å². The lowest BCUT2D eigenvalue weighted by atomic mass is 10.0. The number of piperidine rings is 1. The maximum Gasteiger partial charge on any atom is 0.243 e. The Morgan fingerprint density at radius 3 is 2.50 bits per heavy atom. The Morgan fingerprint density at radius 2 is 1.79 bits per heavy atom. The van der Waals surface area contributed by atoms with Crippen LogP contribution in [0.3, 0.4) is 0 Å². The van der Waals surface area contributed by atoms with Crippen molar-refractivity contribution in [1.29, 1.82) is 0 Å². The van der Waals surface area contributed by atoms with Crippen molar-refractivity contribution in [2.75, 3.05) is 58.0 Å². The van der Waals surface area contributed by atoms with Crippen LogP contribution >= 0.6 is 0 Å². The van der Waals surface area contributed by atoms with Gasteiger partial charge in [-0.05, 0) is 31.0 Å². The largest absolute Gasteiger partial charge is 0.495 e. The van der Waals surface area contributed by atoms with Crippen LogP contribution in [0.4, 0.5) is 11.5 Å². The zero-order chi connectivity index (χ0) is 23.9. The van der Waals surface area contributed by atoms with E-state index in [-0.39, 0.29) is 4.90 Å². The number of aromatic nitrogens is 2. The second-order valence-electron chi connectivity index (χ2n) is 8.68. The molecule has 11 heteroatoms. The van der Waals surface area contributed by atoms with Crippen molar-refractivity contribution in [2.24, 2.45) is 0 Å². The Kier molecular flexibility index (Phi) is 6.11. The summed E-state index contributed by atoms with van der Waals surface area (Å²) in [5, 5.41) is 0.760. The summed E-state index contributed by atoms with van der Waals surface area (Å²) in [6.07, 6.45) is 3.45. The lowest BCUT2D eigenvalue weighted by molar-refractivity contribution is 0.00610. The number of fused-ring (bicyclic) bond motifs is 1. The number of sulfonamides is 1. The highest BCUT2D eigenvalue weighted by molar-refractivity contribution is 7.89. The molecule has 2 aliphatic rings. The topological polar surface area (TPSA) is 129 Å². The van der Waals surface area contributed by atoms with E-state index in [0.717, 1.165) is 44.5 Å². The molecule has 10 nitrogen and oxygen atoms in total. The van der Waals surface area contributed by atoms with Gasteiger partial charge in [0.25, 0.3) is 0 Å². The van der Waals surface area contributed by atoms with E-state index >= 15 is 0 Å². The van der Waals surface area contributed by atoms with Crippen molar-refractivity contribution in [3.05, 3.63) is 36.5 Å². The van der Waals surface area contributed by atoms with Gasteiger partial charge in [-0.3, -0.25) is 9.47 Å². The highest BCUT2D eigenvalue weighted by atomic mass is 32.2. The van der Waals surface area contributed by atoms with Gasteiger partial charge in [0.05, 0.1) is 30.9 Å². The van der Waals surface area contributed by atoms with Gasteiger partial charge in [-0.2, -0.15) is 4.31 Å². The third kappa shape index (κ3) is 4.09. The Hall–Kier alpha value is -2.86. The number of morpholine rings is 1. The predicted octanol–water partition coefficient (Wildman–Crippen LogP) is 1.68. The number of anilines is 2. The Balaban J connectivity index is 1.40. The summed E-state index contributed by atoms with van der Waals surface area (Å²) in [4.78, 5) is 7.03. The number of rotatable bonds is 5. The van der Waals surface area contributed by atoms with Gasteiger partial charge in [-0.15, -0.1) is 0 Å². The molecule has 0 spiro atoms. The first-order chi connectivity index (χ1) is 16.4. The van der Waals surface area contributed by atoms with E-state index in [1.807, 2.05) is 12.3 Å². The van der Waals surface area contributed by atoms with Gasteiger partial charge in [0.15, 0.2) is 0 Å². The third-order valence-corrected chi connectivity index (χ3v) is 8.64. The monoisotopic (exact) mass is 486 g/mol. The summed E-state index contributed by atoms with van der Waals surface area (Å²) >= 11 is 0. The summed E-state index contributed by atoms with van der Waals surface area (Å²) in [6.45, 7) is 4.32. The summed E-state index contributed by atoms with van der Waals surface area (Å²) < 4.78 is 41.2. The average Bonchev–Trinajstić information content (AvgIpc) is 3.28. The van der Waals surface area contributed by atoms with Crippen molar-refractivity contribution < 1.29 is 17.9 Å². The molecule has 4 N–H and O–H groups in total. The number of nitrogens with zero attached hydrogens (tertiary/aromatic N) is 4. The van der Waals surface area contributed by atoms with E-state index in [1.165, 1.54) is 7.11 Å². The van der Waals surface area contributed by atoms with Crippen LogP contribution in [-0.2, 0) is 14.8 Å². The van der Waals surface area contributed by atoms with Crippen molar-refractivity contribution in [3.8, 4) is 11.4 Å². The molecule has 34 heavy (non-hydrogen) atoms. The molecule has 1 aromatic carbocycles. The standard InChI is InChI=1S/C23H30N6O4S/c1-32-21-14-17(2-3-20(21)29-9-6-18-19(24)15-22(25)26-23(18)29)34(30,31)28-7-4-16(5-8-28)27-10-12-33-13-11-27/h2-3,6,9,14-16H,4-5,7-8,10-13H2,1H3,(H4,24,25,26). The van der Waals surface area contributed by atoms with Crippen LogP contribution < -0.4 is 16.2 Å². The summed E-state index contributed by atoms with van der Waals surface area (Å²) in [7, 11) is -2.13. The molecule has 5 rings (SSSR count). The van der Waals surface area contributed by atoms with Gasteiger partial charge < -0.3 is 20.9 Å². The molecule has 2 aliphatic heterocycles. The minimum atomic E-state index is -3.65. The van der Waals surface area contributed by atoms with Crippen molar-refractivity contribution >= 4 is 32.6 Å². The van der Waals surface area contributed by atoms with E-state index < -0.39 is 10.0 Å². The molecule has 2 fully saturated rings. The second-order valence-corrected chi connectivity index (χ2v) is 10.6. The van der Waals surface area contributed by atoms with E-state index in [9.17, 15) is 8.42 Å². The molecule has 2 aromatic heterocycles. The molecule has 0 bridgehead atoms. The molecule has 0 amide bonds. The number of benzene rings is 1. The number of hydrogen-bond acceptors (Lipinski definition) is 8. The van der Waals surface area contributed by atoms with Crippen LogP contribution in [0, 0.1) is 0 Å². The van der Waals surface area contributed by atoms with E-state index in [2.05, 4.69) is 9.88 Å². The first-order valence-electron chi connectivity index (χ1n) is 11.4. The Morgan fingerprint density at radius 1 is 1.06 bits per heavy atom. The molecule has 0 unspecified atom stereocenters. The van der Waals surface area contributed by atoms with Gasteiger partial charge in [0.2, 0.25) is 10.0 Å². The van der Waals surface area contributed by atoms with Gasteiger partial charge in [0.1, 0.15) is 17.2 Å². The molecule has 2 saturated heterocycles. The maximum atomic E-state index is 13.4. The first-order valence-corrected chi connectivity index (χ1v) is 12.9. The van der Waals surface area contributed by atoms with Crippen LogP contribution in [0.2, 0.25) is 0 Å². The quantitative estimate of drug-likeness (QED) is 0.557. The molecule has 0 aliphatic carbocycles. The number of nitrogens with two attached hydrogens (primary N) is 2. The third-order valence-electron chi connectivity index (χ3n) is 6.74. The van der Waals surface area contributed by atoms with Gasteiger partial charge in [0, 0.05) is 61.6 Å². The highest BCUT2D eigenvalue weighted by Gasteiger charge is 2.32. The molecule has 0 saturated carbocycles. The van der Waals surface area contributed by atoms with E-state index in [4.69, 9.17) is 20.9 Å². The summed E-state index contributed by atoms with van der Waals surface area (Å²) in [5.41, 5.74) is 13.7. The zero-order valence-electron chi connectivity index (χ0n) is 19.2. The van der Waals surface area contributed by atoms with E-state index in [0.29, 0.717) is 47.7 Å². The smallest absolute Gasteiger partial charge is 0.243 e. The summed E-state index contributed by atoms with van der Waals surface area (Å²) in [6, 6.07) is 8.78. The minimum Gasteiger partial charge on any atom is -0.495 e. The molecule has 3 aromatic rings. The normalized spacial score (nSPS) is 19.0. The first kappa shape index (κ1) is 22.9. The highest BCUT2D eigenvalue weighted by Crippen LogP contribution is 2.33. The summed E-state index contributed by atoms with van der Waals surface area (Å²) in [5.74, 6) is 0.730. The number of methoxy groups -OCH3 is 1. The fourth-order valence-electron chi connectivity index (χ4n) is 4.91. The molecular weight excluding hydrogens is 456 g/mol. The van der Waals surface area contributed by atoms with Crippen LogP contribution in [0.25, 0.3) is 16.7 Å². The number of hydrogen-bond donors (Lipinski definition) is 2. The fraction of sp³-hybridized carbons (Fsp3) is 0.435. The second kappa shape index (κ2) is 9.06. The lowest BCUT2D eigenvalue weighted by Gasteiger charge is -2.39. The molecule has 182 valence electrons. The average molecular weight is 487 g/mol. The van der Waals surface area contributed by atoms with Crippen molar-refractivity contribution in [1.82, 2.24) is 18.8 Å². The van der Waals surface area contributed by atoms with Gasteiger partial charge >= 0.3 is 0 Å². The number of nitrogen functional groups attached to an aromatic ring is 2. The Bertz CT molecular complexity index is 1290. The molecule has 0 atom stereocenters. The van der Waals surface area contributed by atoms with Crippen molar-refractivity contribution in [2.45, 2.75) is 23.8 Å². The van der Waals surface area contributed by atoms with E-state index in [1.54, 1.807) is 33.1 Å². The van der Waals surface area contributed by atoms with Crippen LogP contribution in [0.1, 0.15) is 12.8 Å². The van der Waals surface area contributed by atoms with Gasteiger partial charge in [-0.25, -0.2) is 13.4 Å². The lowest BCUT2D eigenvalue weighted by Crippen LogP contribution is -2.50. The SMILES string of the molecule is COc1cc(S(=O)(=O)N2CCC(N3CCOCC3)CC2)ccc1-n1ccc2c(N)cc(N)nc21. The number of ether oxygens (including phenoxy) is 2. The van der Waals surface area contributed by atoms with Gasteiger partial charge in [-0.1, -0.05) is 0 Å². The zero-order valence-corrected chi connectivity index (χ0v) is 20.0. The number of pyridine rings is 1. The Labute approximate surface area is 199 Å². The maximum absolute atomic E-state index is 13.4. The predicted molar refractivity (Wildman–Crippen MR) is 131 cm³/mol. The van der Waals surface area contributed by atoms with Crippen molar-refractivity contribution in [3.63, 3.8) is 0 Å². The molecular formula is C23H30N6O4S. The van der Waals surface area contributed by atoms with Crippen LogP contribution in [-0.4, -0.2) is 79.7 Å². The molecule has 4 heterocycles. The fourth-order valence-corrected chi connectivity index (χ4v) is 6.39. The minimum absolute atomic E-state index is 0.210. The molecule has 0 radical (unpaired) electrons.